The maximum absolute atomic E-state index is 14.4. The molecule has 0 radical (unpaired) electrons. The molecule has 196 valence electrons. The largest absolute Gasteiger partial charge is 0.420 e. The fraction of sp³-hybridized carbons (Fsp3) is 0.565. The van der Waals surface area contributed by atoms with E-state index in [0.717, 1.165) is 10.9 Å². The Kier molecular flexibility index (Phi) is 5.06. The van der Waals surface area contributed by atoms with Crippen molar-refractivity contribution in [1.82, 2.24) is 9.78 Å². The van der Waals surface area contributed by atoms with Crippen LogP contribution in [-0.4, -0.2) is 37.7 Å². The number of anilines is 1. The van der Waals surface area contributed by atoms with Crippen molar-refractivity contribution in [2.75, 3.05) is 11.6 Å². The van der Waals surface area contributed by atoms with E-state index in [1.54, 1.807) is 0 Å². The summed E-state index contributed by atoms with van der Waals surface area (Å²) >= 11 is 0. The van der Waals surface area contributed by atoms with E-state index in [1.807, 2.05) is 0 Å². The SMILES string of the molecule is CC1(Cn2nc(C34CC(F)(C3)C4)c(C(F)(F)F)c2C(=O)Nc2cccc([S@](C)(=N)=O)c2)CC(F)(F)C1. The van der Waals surface area contributed by atoms with Crippen LogP contribution in [0.1, 0.15) is 60.8 Å². The van der Waals surface area contributed by atoms with E-state index in [4.69, 9.17) is 4.78 Å². The lowest BCUT2D eigenvalue weighted by Crippen LogP contribution is -2.67. The highest BCUT2D eigenvalue weighted by Crippen LogP contribution is 2.70. The minimum absolute atomic E-state index is 0.0105. The van der Waals surface area contributed by atoms with Crippen molar-refractivity contribution < 1.29 is 35.3 Å². The molecule has 1 amide bonds. The predicted molar refractivity (Wildman–Crippen MR) is 118 cm³/mol. The van der Waals surface area contributed by atoms with Crippen molar-refractivity contribution in [3.8, 4) is 0 Å². The van der Waals surface area contributed by atoms with Crippen molar-refractivity contribution >= 4 is 21.3 Å². The van der Waals surface area contributed by atoms with Crippen LogP contribution in [-0.2, 0) is 27.9 Å². The lowest BCUT2D eigenvalue weighted by atomic mass is 9.41. The molecule has 4 fully saturated rings. The minimum atomic E-state index is -5.01. The Morgan fingerprint density at radius 1 is 1.17 bits per heavy atom. The third kappa shape index (κ3) is 4.08. The number of alkyl halides is 6. The molecule has 1 atom stereocenters. The van der Waals surface area contributed by atoms with Gasteiger partial charge in [-0.05, 0) is 42.9 Å². The van der Waals surface area contributed by atoms with Gasteiger partial charge in [-0.3, -0.25) is 9.48 Å². The molecular weight excluding hydrogens is 510 g/mol. The van der Waals surface area contributed by atoms with Gasteiger partial charge < -0.3 is 5.32 Å². The first-order valence-electron chi connectivity index (χ1n) is 11.2. The molecule has 4 saturated carbocycles. The Morgan fingerprint density at radius 2 is 1.78 bits per heavy atom. The zero-order valence-corrected chi connectivity index (χ0v) is 20.3. The molecule has 13 heteroatoms. The first kappa shape index (κ1) is 25.1. The van der Waals surface area contributed by atoms with E-state index in [-0.39, 0.29) is 36.4 Å². The minimum Gasteiger partial charge on any atom is -0.321 e. The number of nitrogens with one attached hydrogen (secondary N) is 2. The van der Waals surface area contributed by atoms with E-state index in [1.165, 1.54) is 31.2 Å². The van der Waals surface area contributed by atoms with E-state index in [9.17, 15) is 35.3 Å². The molecule has 2 bridgehead atoms. The number of aromatic nitrogens is 2. The molecule has 0 saturated heterocycles. The van der Waals surface area contributed by atoms with Crippen molar-refractivity contribution in [1.29, 1.82) is 4.78 Å². The molecule has 6 nitrogen and oxygen atoms in total. The van der Waals surface area contributed by atoms with Gasteiger partial charge in [-0.1, -0.05) is 13.0 Å². The number of carbonyl (C=O) groups excluding carboxylic acids is 1. The van der Waals surface area contributed by atoms with Crippen LogP contribution in [0.5, 0.6) is 0 Å². The summed E-state index contributed by atoms with van der Waals surface area (Å²) < 4.78 is 105. The van der Waals surface area contributed by atoms with Gasteiger partial charge in [0.25, 0.3) is 5.91 Å². The Bertz CT molecular complexity index is 1350. The smallest absolute Gasteiger partial charge is 0.321 e. The number of hydrogen-bond donors (Lipinski definition) is 2. The molecule has 4 aliphatic carbocycles. The third-order valence-corrected chi connectivity index (χ3v) is 8.52. The average molecular weight is 535 g/mol. The van der Waals surface area contributed by atoms with Crippen LogP contribution in [0.3, 0.4) is 0 Å². The monoisotopic (exact) mass is 534 g/mol. The summed E-state index contributed by atoms with van der Waals surface area (Å²) in [6, 6.07) is 5.38. The Balaban J connectivity index is 1.58. The van der Waals surface area contributed by atoms with Gasteiger partial charge >= 0.3 is 6.18 Å². The van der Waals surface area contributed by atoms with Gasteiger partial charge in [0.15, 0.2) is 0 Å². The molecule has 4 aliphatic rings. The summed E-state index contributed by atoms with van der Waals surface area (Å²) in [5.41, 5.74) is -6.27. The number of rotatable bonds is 6. The second-order valence-electron chi connectivity index (χ2n) is 11.0. The second-order valence-corrected chi connectivity index (χ2v) is 13.2. The quantitative estimate of drug-likeness (QED) is 0.462. The van der Waals surface area contributed by atoms with Crippen LogP contribution in [0.15, 0.2) is 29.2 Å². The van der Waals surface area contributed by atoms with Gasteiger partial charge in [0.05, 0.1) is 15.4 Å². The van der Waals surface area contributed by atoms with Crippen LogP contribution in [0.25, 0.3) is 0 Å². The van der Waals surface area contributed by atoms with Gasteiger partial charge in [-0.2, -0.15) is 18.3 Å². The number of carbonyl (C=O) groups is 1. The van der Waals surface area contributed by atoms with Gasteiger partial charge in [0.2, 0.25) is 5.92 Å². The molecule has 0 spiro atoms. The van der Waals surface area contributed by atoms with Crippen molar-refractivity contribution in [2.45, 2.75) is 73.7 Å². The van der Waals surface area contributed by atoms with Crippen molar-refractivity contribution in [3.63, 3.8) is 0 Å². The van der Waals surface area contributed by atoms with Crippen LogP contribution in [0.2, 0.25) is 0 Å². The number of nitrogens with zero attached hydrogens (tertiary/aromatic N) is 2. The summed E-state index contributed by atoms with van der Waals surface area (Å²) in [5, 5.41) is 6.47. The summed E-state index contributed by atoms with van der Waals surface area (Å²) in [5.74, 6) is -4.12. The van der Waals surface area contributed by atoms with Crippen LogP contribution in [0, 0.1) is 10.2 Å². The third-order valence-electron chi connectivity index (χ3n) is 7.36. The molecule has 1 heterocycles. The van der Waals surface area contributed by atoms with Gasteiger partial charge in [-0.25, -0.2) is 22.2 Å². The Labute approximate surface area is 203 Å². The normalized spacial score (nSPS) is 29.3. The molecule has 6 rings (SSSR count). The first-order valence-corrected chi connectivity index (χ1v) is 13.2. The maximum Gasteiger partial charge on any atom is 0.420 e. The lowest BCUT2D eigenvalue weighted by Gasteiger charge is -2.65. The van der Waals surface area contributed by atoms with E-state index in [0.29, 0.717) is 0 Å². The highest BCUT2D eigenvalue weighted by atomic mass is 32.2. The first-order chi connectivity index (χ1) is 16.3. The van der Waals surface area contributed by atoms with E-state index in [2.05, 4.69) is 10.4 Å². The summed E-state index contributed by atoms with van der Waals surface area (Å²) in [7, 11) is -3.16. The number of hydrogen-bond acceptors (Lipinski definition) is 4. The number of benzene rings is 1. The number of halogens is 6. The lowest BCUT2D eigenvalue weighted by molar-refractivity contribution is -0.170. The van der Waals surface area contributed by atoms with Crippen LogP contribution < -0.4 is 5.32 Å². The zero-order chi connectivity index (χ0) is 26.5. The standard InChI is InChI=1S/C23H24F6N4O2S/c1-19(7-22(25,26)8-19)12-33-16(18(34)31-13-4-3-5-14(6-13)36(2,30)35)15(23(27,28)29)17(32-33)20-9-21(24,10-20)11-20/h3-6,30H,7-12H2,1-2H3,(H,31,34)/t20?,21?,36-/m1/s1. The predicted octanol–water partition coefficient (Wildman–Crippen LogP) is 5.77. The second kappa shape index (κ2) is 7.26. The summed E-state index contributed by atoms with van der Waals surface area (Å²) in [6.07, 6.45) is -5.37. The summed E-state index contributed by atoms with van der Waals surface area (Å²) in [4.78, 5) is 13.4. The summed E-state index contributed by atoms with van der Waals surface area (Å²) in [6.45, 7) is 1.15. The molecule has 1 aromatic heterocycles. The Morgan fingerprint density at radius 3 is 2.28 bits per heavy atom. The highest BCUT2D eigenvalue weighted by molar-refractivity contribution is 7.91. The maximum atomic E-state index is 14.4. The molecule has 2 aromatic rings. The number of amides is 1. The average Bonchev–Trinajstić information content (AvgIpc) is 3.01. The molecular formula is C23H24F6N4O2S. The Hall–Kier alpha value is -2.57. The highest BCUT2D eigenvalue weighted by Gasteiger charge is 2.72. The molecule has 0 aliphatic heterocycles. The van der Waals surface area contributed by atoms with E-state index >= 15 is 0 Å². The van der Waals surface area contributed by atoms with Gasteiger partial charge in [0.1, 0.15) is 16.9 Å². The molecule has 1 aromatic carbocycles. The fourth-order valence-electron chi connectivity index (χ4n) is 6.04. The zero-order valence-electron chi connectivity index (χ0n) is 19.4. The molecule has 2 N–H and O–H groups in total. The van der Waals surface area contributed by atoms with Crippen LogP contribution in [0.4, 0.5) is 32.0 Å². The molecule has 36 heavy (non-hydrogen) atoms. The van der Waals surface area contributed by atoms with Crippen molar-refractivity contribution in [3.05, 3.63) is 41.2 Å². The van der Waals surface area contributed by atoms with Crippen LogP contribution >= 0.6 is 0 Å². The van der Waals surface area contributed by atoms with Gasteiger partial charge in [0, 0.05) is 41.6 Å². The van der Waals surface area contributed by atoms with Crippen molar-refractivity contribution in [2.24, 2.45) is 5.41 Å². The topological polar surface area (TPSA) is 87.8 Å². The fourth-order valence-corrected chi connectivity index (χ4v) is 6.73. The van der Waals surface area contributed by atoms with E-state index < -0.39 is 74.0 Å². The van der Waals surface area contributed by atoms with Gasteiger partial charge in [-0.15, -0.1) is 0 Å². The molecule has 0 unspecified atom stereocenters.